The largest absolute Gasteiger partial charge is 0.435 e. The van der Waals surface area contributed by atoms with E-state index < -0.39 is 16.4 Å². The van der Waals surface area contributed by atoms with Crippen molar-refractivity contribution in [3.8, 4) is 5.75 Å². The monoisotopic (exact) mass is 250 g/mol. The molecular formula is C10H12F2O3S. The van der Waals surface area contributed by atoms with Gasteiger partial charge >= 0.3 is 6.61 Å². The lowest BCUT2D eigenvalue weighted by Gasteiger charge is -2.10. The standard InChI is InChI=1S/C10H12F2O3S/c1-2-16(13,14)7-8-5-3-4-6-9(8)15-10(11)12/h3-6,10H,2,7H2,1H3. The van der Waals surface area contributed by atoms with E-state index in [-0.39, 0.29) is 22.8 Å². The van der Waals surface area contributed by atoms with Gasteiger partial charge in [0, 0.05) is 11.3 Å². The fraction of sp³-hybridized carbons (Fsp3) is 0.400. The average Bonchev–Trinajstić information content (AvgIpc) is 2.20. The molecule has 0 fully saturated rings. The van der Waals surface area contributed by atoms with Gasteiger partial charge in [0.15, 0.2) is 9.84 Å². The summed E-state index contributed by atoms with van der Waals surface area (Å²) in [5.41, 5.74) is 0.254. The van der Waals surface area contributed by atoms with Crippen LogP contribution in [0.3, 0.4) is 0 Å². The third-order valence-corrected chi connectivity index (χ3v) is 3.63. The molecule has 0 aliphatic carbocycles. The molecule has 0 heterocycles. The minimum absolute atomic E-state index is 0.0317. The minimum atomic E-state index is -3.26. The molecule has 1 rings (SSSR count). The Morgan fingerprint density at radius 2 is 1.94 bits per heavy atom. The van der Waals surface area contributed by atoms with Crippen LogP contribution in [0.5, 0.6) is 5.75 Å². The van der Waals surface area contributed by atoms with Crippen LogP contribution in [0.1, 0.15) is 12.5 Å². The minimum Gasteiger partial charge on any atom is -0.435 e. The maximum absolute atomic E-state index is 12.0. The van der Waals surface area contributed by atoms with Gasteiger partial charge in [-0.25, -0.2) is 8.42 Å². The summed E-state index contributed by atoms with van der Waals surface area (Å²) in [6.45, 7) is -1.45. The molecule has 1 aromatic carbocycles. The highest BCUT2D eigenvalue weighted by molar-refractivity contribution is 7.90. The van der Waals surface area contributed by atoms with Crippen molar-refractivity contribution < 1.29 is 21.9 Å². The van der Waals surface area contributed by atoms with E-state index in [1.54, 1.807) is 6.07 Å². The van der Waals surface area contributed by atoms with Crippen molar-refractivity contribution in [1.29, 1.82) is 0 Å². The molecule has 0 aliphatic heterocycles. The van der Waals surface area contributed by atoms with Crippen LogP contribution in [0.25, 0.3) is 0 Å². The molecule has 0 aromatic heterocycles. The molecule has 0 atom stereocenters. The molecule has 0 N–H and O–H groups in total. The van der Waals surface area contributed by atoms with Gasteiger partial charge in [0.25, 0.3) is 0 Å². The van der Waals surface area contributed by atoms with Gasteiger partial charge in [-0.1, -0.05) is 25.1 Å². The van der Waals surface area contributed by atoms with Crippen LogP contribution in [-0.2, 0) is 15.6 Å². The molecule has 0 saturated heterocycles. The maximum Gasteiger partial charge on any atom is 0.387 e. The molecule has 3 nitrogen and oxygen atoms in total. The molecule has 1 aromatic rings. The second-order valence-corrected chi connectivity index (χ2v) is 5.52. The van der Waals surface area contributed by atoms with Crippen LogP contribution in [0, 0.1) is 0 Å². The van der Waals surface area contributed by atoms with Crippen molar-refractivity contribution in [1.82, 2.24) is 0 Å². The molecule has 90 valence electrons. The van der Waals surface area contributed by atoms with E-state index in [1.165, 1.54) is 25.1 Å². The Balaban J connectivity index is 2.95. The lowest BCUT2D eigenvalue weighted by Crippen LogP contribution is -2.10. The molecule has 0 amide bonds. The summed E-state index contributed by atoms with van der Waals surface area (Å²) in [6.07, 6.45) is 0. The second kappa shape index (κ2) is 5.25. The Hall–Kier alpha value is -1.17. The smallest absolute Gasteiger partial charge is 0.387 e. The van der Waals surface area contributed by atoms with E-state index in [0.717, 1.165) is 0 Å². The summed E-state index contributed by atoms with van der Waals surface area (Å²) in [6, 6.07) is 5.89. The summed E-state index contributed by atoms with van der Waals surface area (Å²) >= 11 is 0. The molecule has 0 saturated carbocycles. The quantitative estimate of drug-likeness (QED) is 0.804. The first-order valence-corrected chi connectivity index (χ1v) is 6.50. The lowest BCUT2D eigenvalue weighted by atomic mass is 10.2. The molecule has 0 radical (unpaired) electrons. The highest BCUT2D eigenvalue weighted by Gasteiger charge is 2.14. The van der Waals surface area contributed by atoms with E-state index in [9.17, 15) is 17.2 Å². The van der Waals surface area contributed by atoms with Gasteiger partial charge in [0.1, 0.15) is 5.75 Å². The number of hydrogen-bond donors (Lipinski definition) is 0. The summed E-state index contributed by atoms with van der Waals surface area (Å²) in [7, 11) is -3.26. The molecule has 0 spiro atoms. The van der Waals surface area contributed by atoms with Crippen LogP contribution in [0.4, 0.5) is 8.78 Å². The molecular weight excluding hydrogens is 238 g/mol. The van der Waals surface area contributed by atoms with Crippen molar-refractivity contribution in [2.45, 2.75) is 19.3 Å². The zero-order chi connectivity index (χ0) is 12.2. The van der Waals surface area contributed by atoms with Crippen molar-refractivity contribution in [3.05, 3.63) is 29.8 Å². The lowest BCUT2D eigenvalue weighted by molar-refractivity contribution is -0.0503. The predicted molar refractivity (Wildman–Crippen MR) is 56.2 cm³/mol. The first-order valence-electron chi connectivity index (χ1n) is 4.67. The van der Waals surface area contributed by atoms with Crippen LogP contribution < -0.4 is 4.74 Å². The number of sulfone groups is 1. The number of para-hydroxylation sites is 1. The van der Waals surface area contributed by atoms with Crippen molar-refractivity contribution in [3.63, 3.8) is 0 Å². The number of benzene rings is 1. The number of alkyl halides is 2. The molecule has 0 bridgehead atoms. The number of ether oxygens (including phenoxy) is 1. The van der Waals surface area contributed by atoms with Crippen LogP contribution in [-0.4, -0.2) is 20.8 Å². The highest BCUT2D eigenvalue weighted by Crippen LogP contribution is 2.22. The van der Waals surface area contributed by atoms with Gasteiger partial charge in [-0.15, -0.1) is 0 Å². The first kappa shape index (κ1) is 12.9. The Bertz CT molecular complexity index is 443. The molecule has 0 aliphatic rings. The zero-order valence-electron chi connectivity index (χ0n) is 8.69. The predicted octanol–water partition coefficient (Wildman–Crippen LogP) is 2.22. The third-order valence-electron chi connectivity index (χ3n) is 2.00. The maximum atomic E-state index is 12.0. The van der Waals surface area contributed by atoms with Crippen molar-refractivity contribution in [2.75, 3.05) is 5.75 Å². The summed E-state index contributed by atoms with van der Waals surface area (Å²) in [5.74, 6) is -0.405. The molecule has 6 heteroatoms. The summed E-state index contributed by atoms with van der Waals surface area (Å²) < 4.78 is 51.1. The van der Waals surface area contributed by atoms with Gasteiger partial charge in [-0.05, 0) is 6.07 Å². The SMILES string of the molecule is CCS(=O)(=O)Cc1ccccc1OC(F)F. The van der Waals surface area contributed by atoms with Gasteiger partial charge in [-0.2, -0.15) is 8.78 Å². The zero-order valence-corrected chi connectivity index (χ0v) is 9.51. The summed E-state index contributed by atoms with van der Waals surface area (Å²) in [5, 5.41) is 0. The fourth-order valence-corrected chi connectivity index (χ4v) is 2.09. The fourth-order valence-electron chi connectivity index (χ4n) is 1.17. The van der Waals surface area contributed by atoms with E-state index in [2.05, 4.69) is 4.74 Å². The second-order valence-electron chi connectivity index (χ2n) is 3.16. The van der Waals surface area contributed by atoms with Gasteiger partial charge in [0.05, 0.1) is 5.75 Å². The van der Waals surface area contributed by atoms with E-state index >= 15 is 0 Å². The Kier molecular flexibility index (Phi) is 4.23. The van der Waals surface area contributed by atoms with E-state index in [1.807, 2.05) is 0 Å². The number of rotatable bonds is 5. The average molecular weight is 250 g/mol. The van der Waals surface area contributed by atoms with Crippen molar-refractivity contribution >= 4 is 9.84 Å². The van der Waals surface area contributed by atoms with Crippen LogP contribution >= 0.6 is 0 Å². The highest BCUT2D eigenvalue weighted by atomic mass is 32.2. The van der Waals surface area contributed by atoms with E-state index in [4.69, 9.17) is 0 Å². The van der Waals surface area contributed by atoms with Gasteiger partial charge < -0.3 is 4.74 Å². The van der Waals surface area contributed by atoms with Crippen LogP contribution in [0.15, 0.2) is 24.3 Å². The third kappa shape index (κ3) is 3.77. The van der Waals surface area contributed by atoms with E-state index in [0.29, 0.717) is 0 Å². The molecule has 16 heavy (non-hydrogen) atoms. The number of hydrogen-bond acceptors (Lipinski definition) is 3. The number of halogens is 2. The first-order chi connectivity index (χ1) is 7.44. The van der Waals surface area contributed by atoms with Crippen LogP contribution in [0.2, 0.25) is 0 Å². The topological polar surface area (TPSA) is 43.4 Å². The van der Waals surface area contributed by atoms with Crippen molar-refractivity contribution in [2.24, 2.45) is 0 Å². The Morgan fingerprint density at radius 3 is 2.50 bits per heavy atom. The molecule has 0 unspecified atom stereocenters. The normalized spacial score (nSPS) is 11.8. The Labute approximate surface area is 93.0 Å². The Morgan fingerprint density at radius 1 is 1.31 bits per heavy atom. The summed E-state index contributed by atoms with van der Waals surface area (Å²) in [4.78, 5) is 0. The van der Waals surface area contributed by atoms with Gasteiger partial charge in [-0.3, -0.25) is 0 Å². The van der Waals surface area contributed by atoms with Gasteiger partial charge in [0.2, 0.25) is 0 Å².